The summed E-state index contributed by atoms with van der Waals surface area (Å²) in [5.74, 6) is 0. The van der Waals surface area contributed by atoms with Crippen LogP contribution in [0, 0.1) is 0 Å². The lowest BCUT2D eigenvalue weighted by Crippen LogP contribution is -2.10. The second kappa shape index (κ2) is 5.08. The van der Waals surface area contributed by atoms with E-state index in [0.29, 0.717) is 0 Å². The molecule has 0 amide bonds. The molecular formula is C12H13BrN2S. The van der Waals surface area contributed by atoms with E-state index in [1.54, 1.807) is 17.5 Å². The van der Waals surface area contributed by atoms with E-state index in [1.165, 1.54) is 9.75 Å². The van der Waals surface area contributed by atoms with Crippen LogP contribution in [-0.2, 0) is 6.42 Å². The topological polar surface area (TPSA) is 38.9 Å². The van der Waals surface area contributed by atoms with Gasteiger partial charge in [0.15, 0.2) is 0 Å². The highest BCUT2D eigenvalue weighted by Crippen LogP contribution is 2.27. The van der Waals surface area contributed by atoms with Gasteiger partial charge in [0.1, 0.15) is 0 Å². The summed E-state index contributed by atoms with van der Waals surface area (Å²) in [5.41, 5.74) is 7.24. The molecule has 0 aromatic carbocycles. The minimum Gasteiger partial charge on any atom is -0.320 e. The molecule has 2 rings (SSSR count). The van der Waals surface area contributed by atoms with E-state index in [2.05, 4.69) is 40.0 Å². The standard InChI is InChI=1S/C12H13BrN2S/c1-2-10-3-4-11(16-10)12(14)8-5-9(13)7-15-6-8/h3-7,12H,2,14H2,1H3. The number of nitrogens with zero attached hydrogens (tertiary/aromatic N) is 1. The third-order valence-electron chi connectivity index (χ3n) is 2.42. The molecule has 0 spiro atoms. The van der Waals surface area contributed by atoms with Gasteiger partial charge in [0, 0.05) is 26.6 Å². The van der Waals surface area contributed by atoms with Crippen molar-refractivity contribution in [3.63, 3.8) is 0 Å². The molecule has 2 heterocycles. The second-order valence-corrected chi connectivity index (χ2v) is 5.69. The van der Waals surface area contributed by atoms with Gasteiger partial charge in [0.25, 0.3) is 0 Å². The van der Waals surface area contributed by atoms with Gasteiger partial charge in [-0.25, -0.2) is 0 Å². The Bertz CT molecular complexity index is 481. The highest BCUT2D eigenvalue weighted by atomic mass is 79.9. The number of pyridine rings is 1. The molecule has 0 fully saturated rings. The van der Waals surface area contributed by atoms with E-state index < -0.39 is 0 Å². The van der Waals surface area contributed by atoms with Crippen LogP contribution in [0.15, 0.2) is 35.1 Å². The molecule has 2 N–H and O–H groups in total. The van der Waals surface area contributed by atoms with Crippen molar-refractivity contribution in [3.8, 4) is 0 Å². The van der Waals surface area contributed by atoms with Crippen molar-refractivity contribution in [2.24, 2.45) is 5.73 Å². The first-order valence-electron chi connectivity index (χ1n) is 5.15. The van der Waals surface area contributed by atoms with Crippen LogP contribution in [-0.4, -0.2) is 4.98 Å². The first-order valence-corrected chi connectivity index (χ1v) is 6.76. The van der Waals surface area contributed by atoms with Gasteiger partial charge in [-0.3, -0.25) is 4.98 Å². The fraction of sp³-hybridized carbons (Fsp3) is 0.250. The Kier molecular flexibility index (Phi) is 3.74. The molecule has 1 unspecified atom stereocenters. The summed E-state index contributed by atoms with van der Waals surface area (Å²) in [7, 11) is 0. The van der Waals surface area contributed by atoms with Crippen molar-refractivity contribution in [3.05, 3.63) is 50.4 Å². The van der Waals surface area contributed by atoms with E-state index in [9.17, 15) is 0 Å². The fourth-order valence-electron chi connectivity index (χ4n) is 1.51. The minimum atomic E-state index is -0.0738. The fourth-order valence-corrected chi connectivity index (χ4v) is 2.88. The summed E-state index contributed by atoms with van der Waals surface area (Å²) in [6.07, 6.45) is 4.65. The zero-order chi connectivity index (χ0) is 11.5. The lowest BCUT2D eigenvalue weighted by atomic mass is 10.1. The van der Waals surface area contributed by atoms with E-state index in [-0.39, 0.29) is 6.04 Å². The third kappa shape index (κ3) is 2.51. The maximum atomic E-state index is 6.20. The van der Waals surface area contributed by atoms with Gasteiger partial charge in [0.2, 0.25) is 0 Å². The highest BCUT2D eigenvalue weighted by Gasteiger charge is 2.11. The largest absolute Gasteiger partial charge is 0.320 e. The van der Waals surface area contributed by atoms with Crippen LogP contribution >= 0.6 is 27.3 Å². The predicted molar refractivity (Wildman–Crippen MR) is 71.7 cm³/mol. The predicted octanol–water partition coefficient (Wildman–Crippen LogP) is 3.52. The van der Waals surface area contributed by atoms with Crippen LogP contribution in [0.25, 0.3) is 0 Å². The zero-order valence-corrected chi connectivity index (χ0v) is 11.4. The zero-order valence-electron chi connectivity index (χ0n) is 8.98. The summed E-state index contributed by atoms with van der Waals surface area (Å²) in [4.78, 5) is 6.70. The smallest absolute Gasteiger partial charge is 0.0661 e. The van der Waals surface area contributed by atoms with Gasteiger partial charge >= 0.3 is 0 Å². The van der Waals surface area contributed by atoms with E-state index in [0.717, 1.165) is 16.5 Å². The van der Waals surface area contributed by atoms with Gasteiger partial charge in [-0.2, -0.15) is 0 Å². The van der Waals surface area contributed by atoms with Crippen molar-refractivity contribution >= 4 is 27.3 Å². The number of aryl methyl sites for hydroxylation is 1. The van der Waals surface area contributed by atoms with Crippen LogP contribution in [0.3, 0.4) is 0 Å². The molecule has 0 radical (unpaired) electrons. The Balaban J connectivity index is 2.27. The summed E-state index contributed by atoms with van der Waals surface area (Å²) >= 11 is 5.18. The molecule has 2 nitrogen and oxygen atoms in total. The monoisotopic (exact) mass is 296 g/mol. The van der Waals surface area contributed by atoms with Crippen LogP contribution < -0.4 is 5.73 Å². The van der Waals surface area contributed by atoms with Gasteiger partial charge in [-0.05, 0) is 46.1 Å². The van der Waals surface area contributed by atoms with Crippen molar-refractivity contribution in [1.29, 1.82) is 0 Å². The number of thiophene rings is 1. The lowest BCUT2D eigenvalue weighted by Gasteiger charge is -2.09. The summed E-state index contributed by atoms with van der Waals surface area (Å²) < 4.78 is 0.965. The average molecular weight is 297 g/mol. The maximum absolute atomic E-state index is 6.20. The van der Waals surface area contributed by atoms with Crippen LogP contribution in [0.5, 0.6) is 0 Å². The number of hydrogen-bond donors (Lipinski definition) is 1. The Morgan fingerprint density at radius 2 is 2.25 bits per heavy atom. The van der Waals surface area contributed by atoms with Gasteiger partial charge in [0.05, 0.1) is 6.04 Å². The first-order chi connectivity index (χ1) is 7.70. The number of aromatic nitrogens is 1. The molecule has 0 saturated carbocycles. The van der Waals surface area contributed by atoms with Crippen LogP contribution in [0.1, 0.15) is 28.3 Å². The van der Waals surface area contributed by atoms with E-state index >= 15 is 0 Å². The highest BCUT2D eigenvalue weighted by molar-refractivity contribution is 9.10. The molecule has 2 aromatic rings. The number of hydrogen-bond acceptors (Lipinski definition) is 3. The van der Waals surface area contributed by atoms with E-state index in [1.807, 2.05) is 12.3 Å². The molecule has 2 aromatic heterocycles. The van der Waals surface area contributed by atoms with E-state index in [4.69, 9.17) is 5.73 Å². The molecule has 0 aliphatic heterocycles. The Hall–Kier alpha value is -0.710. The molecule has 16 heavy (non-hydrogen) atoms. The molecule has 0 bridgehead atoms. The summed E-state index contributed by atoms with van der Waals surface area (Å²) in [6, 6.07) is 6.19. The minimum absolute atomic E-state index is 0.0738. The van der Waals surface area contributed by atoms with Crippen LogP contribution in [0.2, 0.25) is 0 Å². The maximum Gasteiger partial charge on any atom is 0.0661 e. The lowest BCUT2D eigenvalue weighted by molar-refractivity contribution is 0.882. The summed E-state index contributed by atoms with van der Waals surface area (Å²) in [6.45, 7) is 2.15. The molecule has 4 heteroatoms. The first kappa shape index (κ1) is 11.8. The van der Waals surface area contributed by atoms with Gasteiger partial charge < -0.3 is 5.73 Å². The Morgan fingerprint density at radius 3 is 2.88 bits per heavy atom. The van der Waals surface area contributed by atoms with Gasteiger partial charge in [-0.1, -0.05) is 6.92 Å². The third-order valence-corrected chi connectivity index (χ3v) is 4.17. The SMILES string of the molecule is CCc1ccc(C(N)c2cncc(Br)c2)s1. The number of rotatable bonds is 3. The molecule has 84 valence electrons. The second-order valence-electron chi connectivity index (χ2n) is 3.57. The van der Waals surface area contributed by atoms with Crippen molar-refractivity contribution < 1.29 is 0 Å². The quantitative estimate of drug-likeness (QED) is 0.941. The number of nitrogens with two attached hydrogens (primary N) is 1. The molecule has 1 atom stereocenters. The molecule has 0 aliphatic carbocycles. The Morgan fingerprint density at radius 1 is 1.44 bits per heavy atom. The normalized spacial score (nSPS) is 12.7. The van der Waals surface area contributed by atoms with Gasteiger partial charge in [-0.15, -0.1) is 11.3 Å². The van der Waals surface area contributed by atoms with Crippen molar-refractivity contribution in [2.75, 3.05) is 0 Å². The molecule has 0 aliphatic rings. The van der Waals surface area contributed by atoms with Crippen LogP contribution in [0.4, 0.5) is 0 Å². The Labute approximate surface area is 108 Å². The molecular weight excluding hydrogens is 284 g/mol. The number of halogens is 1. The molecule has 0 saturated heterocycles. The average Bonchev–Trinajstić information content (AvgIpc) is 2.76. The van der Waals surface area contributed by atoms with Crippen molar-refractivity contribution in [1.82, 2.24) is 4.98 Å². The summed E-state index contributed by atoms with van der Waals surface area (Å²) in [5, 5.41) is 0. The van der Waals surface area contributed by atoms with Crippen molar-refractivity contribution in [2.45, 2.75) is 19.4 Å².